The average Bonchev–Trinajstić information content (AvgIpc) is 1.65. The fourth-order valence-corrected chi connectivity index (χ4v) is 12.8. The first-order valence-electron chi connectivity index (χ1n) is 35.3. The van der Waals surface area contributed by atoms with Gasteiger partial charge < -0.3 is 63.3 Å². The van der Waals surface area contributed by atoms with Crippen molar-refractivity contribution < 1.29 is 43.7 Å². The summed E-state index contributed by atoms with van der Waals surface area (Å²) in [5, 5.41) is 42.9. The number of aryl methyl sites for hydroxylation is 2. The zero-order valence-corrected chi connectivity index (χ0v) is 60.2. The number of aliphatic hydroxyl groups excluding tert-OH is 3. The van der Waals surface area contributed by atoms with Crippen LogP contribution in [0.2, 0.25) is 0 Å². The Labute approximate surface area is 604 Å². The van der Waals surface area contributed by atoms with Gasteiger partial charge >= 0.3 is 0 Å². The fraction of sp³-hybridized carbons (Fsp3) is 0.354. The number of benzene rings is 6. The second kappa shape index (κ2) is 33.0. The Morgan fingerprint density at radius 3 is 1.23 bits per heavy atom. The Bertz CT molecular complexity index is 4830. The standard InChI is InChI=1S/C31H38N6O3.C25H27N5O3.C23H25N5O3/c1-39-27-12-25(13-28(15-27)40-2)37(18-22-6-7-22)24-8-9-29-30(14-24)34-31(17-32-29)23-16-33-36(19-23)21-26(38)20-35-10-4-3-5-11-35;1-29-16-18(13-27-29)25-14-26-23-6-5-19(11-24(23)28-25)30(15-17-3-4-17)20-9-21(32-2)12-22(10-20)33-8-7-31;1-15(29)13-28(18-7-19(30-3)10-20(8-18)31-4)17-5-6-21-22(9-17)26-23(12-24-21)16-11-25-27(2)14-16/h8-9,12-17,19,22,26,38H,3-7,10-11,18,20-21H2,1-2H3;5-6,9-14,16-17,31H,3-4,7-8,15H2,1-2H3;5-12,14-15,29H,13H2,1-4H3. The monoisotopic (exact) mass is 1410 g/mol. The summed E-state index contributed by atoms with van der Waals surface area (Å²) in [5.74, 6) is 5.56. The van der Waals surface area contributed by atoms with Crippen molar-refractivity contribution in [3.8, 4) is 68.3 Å². The van der Waals surface area contributed by atoms with Crippen molar-refractivity contribution in [2.75, 3.05) is 103 Å². The van der Waals surface area contributed by atoms with Gasteiger partial charge in [0.05, 0.1) is 148 Å². The summed E-state index contributed by atoms with van der Waals surface area (Å²) < 4.78 is 38.5. The van der Waals surface area contributed by atoms with Gasteiger partial charge in [-0.25, -0.2) is 15.0 Å². The predicted molar refractivity (Wildman–Crippen MR) is 403 cm³/mol. The second-order valence-corrected chi connectivity index (χ2v) is 26.7. The van der Waals surface area contributed by atoms with Crippen molar-refractivity contribution in [3.63, 3.8) is 0 Å². The summed E-state index contributed by atoms with van der Waals surface area (Å²) in [6, 6.07) is 35.7. The Balaban J connectivity index is 0.000000140. The van der Waals surface area contributed by atoms with E-state index in [1.165, 1.54) is 44.9 Å². The third-order valence-electron chi connectivity index (χ3n) is 18.5. The maximum absolute atomic E-state index is 10.6. The van der Waals surface area contributed by atoms with Gasteiger partial charge in [-0.1, -0.05) is 6.42 Å². The van der Waals surface area contributed by atoms with Crippen molar-refractivity contribution in [2.45, 2.75) is 70.6 Å². The maximum Gasteiger partial charge on any atom is 0.125 e. The Morgan fingerprint density at radius 1 is 0.442 bits per heavy atom. The highest BCUT2D eigenvalue weighted by atomic mass is 16.5. The van der Waals surface area contributed by atoms with Gasteiger partial charge in [-0.3, -0.25) is 29.0 Å². The molecule has 6 aromatic carbocycles. The molecule has 12 aromatic rings. The first kappa shape index (κ1) is 71.4. The number of ether oxygens (including phenoxy) is 6. The summed E-state index contributed by atoms with van der Waals surface area (Å²) in [4.78, 5) is 37.4. The SMILES string of the molecule is COc1cc(OC)cc(N(CC(C)O)c2ccc3ncc(-c4cnn(C)c4)nc3c2)c1.COc1cc(OC)cc(N(CC2CC2)c2ccc3ncc(-c4cnn(CC(O)CN5CCCCC5)c4)nc3c2)c1.COc1cc(OCCO)cc(N(CC2CC2)c2ccc3ncc(-c4cnn(C)c4)nc3c2)c1. The molecule has 0 amide bonds. The minimum Gasteiger partial charge on any atom is -0.497 e. The third kappa shape index (κ3) is 18.1. The molecule has 0 spiro atoms. The second-order valence-electron chi connectivity index (χ2n) is 26.7. The van der Waals surface area contributed by atoms with E-state index in [0.717, 1.165) is 139 Å². The molecule has 3 aliphatic rings. The van der Waals surface area contributed by atoms with Crippen LogP contribution in [0.5, 0.6) is 34.5 Å². The zero-order valence-electron chi connectivity index (χ0n) is 60.2. The van der Waals surface area contributed by atoms with Crippen molar-refractivity contribution in [2.24, 2.45) is 25.9 Å². The quantitative estimate of drug-likeness (QED) is 0.0432. The highest BCUT2D eigenvalue weighted by Gasteiger charge is 2.29. The molecule has 0 radical (unpaired) electrons. The smallest absolute Gasteiger partial charge is 0.125 e. The highest BCUT2D eigenvalue weighted by molar-refractivity contribution is 5.86. The molecule has 7 heterocycles. The Kier molecular flexibility index (Phi) is 22.6. The molecule has 1 aliphatic heterocycles. The van der Waals surface area contributed by atoms with Crippen LogP contribution >= 0.6 is 0 Å². The van der Waals surface area contributed by atoms with Gasteiger partial charge in [0, 0.05) is 164 Å². The van der Waals surface area contributed by atoms with Crippen LogP contribution in [0.4, 0.5) is 34.1 Å². The van der Waals surface area contributed by atoms with Crippen LogP contribution in [0.1, 0.15) is 51.9 Å². The molecule has 2 saturated carbocycles. The highest BCUT2D eigenvalue weighted by Crippen LogP contribution is 2.42. The summed E-state index contributed by atoms with van der Waals surface area (Å²) in [6.45, 7) is 7.43. The fourth-order valence-electron chi connectivity index (χ4n) is 12.8. The van der Waals surface area contributed by atoms with E-state index in [2.05, 4.69) is 64.2 Å². The van der Waals surface area contributed by atoms with Gasteiger partial charge in [-0.2, -0.15) is 15.3 Å². The number of nitrogens with zero attached hydrogens (tertiary/aromatic N) is 16. The van der Waals surface area contributed by atoms with E-state index in [1.54, 1.807) is 93.7 Å². The lowest BCUT2D eigenvalue weighted by atomic mass is 10.1. The predicted octanol–water partition coefficient (Wildman–Crippen LogP) is 12.4. The first-order valence-corrected chi connectivity index (χ1v) is 35.3. The molecule has 25 nitrogen and oxygen atoms in total. The first-order chi connectivity index (χ1) is 50.7. The minimum absolute atomic E-state index is 0.0407. The molecule has 6 aromatic heterocycles. The van der Waals surface area contributed by atoms with Crippen LogP contribution < -0.4 is 43.1 Å². The molecule has 2 atom stereocenters. The Morgan fingerprint density at radius 2 is 0.837 bits per heavy atom. The third-order valence-corrected chi connectivity index (χ3v) is 18.5. The molecule has 3 fully saturated rings. The molecule has 25 heteroatoms. The number of aromatic nitrogens is 12. The van der Waals surface area contributed by atoms with Gasteiger partial charge in [0.25, 0.3) is 0 Å². The van der Waals surface area contributed by atoms with Crippen LogP contribution in [0.3, 0.4) is 0 Å². The number of β-amino-alcohol motifs (C(OH)–C–C–N with tert-alkyl or cyclic N) is 1. The summed E-state index contributed by atoms with van der Waals surface area (Å²) >= 11 is 0. The zero-order chi connectivity index (χ0) is 72.2. The van der Waals surface area contributed by atoms with E-state index in [0.29, 0.717) is 54.5 Å². The largest absolute Gasteiger partial charge is 0.497 e. The summed E-state index contributed by atoms with van der Waals surface area (Å²) in [6.07, 6.45) is 24.1. The molecule has 104 heavy (non-hydrogen) atoms. The Hall–Kier alpha value is -11.0. The number of likely N-dealkylation sites (tertiary alicyclic amines) is 1. The van der Waals surface area contributed by atoms with E-state index in [-0.39, 0.29) is 13.2 Å². The number of aliphatic hydroxyl groups is 3. The lowest BCUT2D eigenvalue weighted by molar-refractivity contribution is 0.0856. The number of hydrogen-bond acceptors (Lipinski definition) is 22. The number of piperidine rings is 1. The van der Waals surface area contributed by atoms with Gasteiger partial charge in [0.15, 0.2) is 0 Å². The van der Waals surface area contributed by atoms with Crippen LogP contribution in [-0.2, 0) is 20.6 Å². The average molecular weight is 1410 g/mol. The van der Waals surface area contributed by atoms with Crippen molar-refractivity contribution in [1.82, 2.24) is 64.1 Å². The van der Waals surface area contributed by atoms with Gasteiger partial charge in [0.2, 0.25) is 0 Å². The number of methoxy groups -OCH3 is 5. The lowest BCUT2D eigenvalue weighted by Gasteiger charge is -2.28. The molecular weight excluding hydrogens is 1320 g/mol. The van der Waals surface area contributed by atoms with Gasteiger partial charge in [-0.15, -0.1) is 0 Å². The lowest BCUT2D eigenvalue weighted by Crippen LogP contribution is -2.38. The number of fused-ring (bicyclic) bond motifs is 3. The minimum atomic E-state index is -0.555. The van der Waals surface area contributed by atoms with Crippen LogP contribution in [0, 0.1) is 11.8 Å². The van der Waals surface area contributed by atoms with E-state index < -0.39 is 12.2 Å². The van der Waals surface area contributed by atoms with Crippen molar-refractivity contribution >= 4 is 67.2 Å². The molecule has 2 aliphatic carbocycles. The van der Waals surface area contributed by atoms with Crippen molar-refractivity contribution in [3.05, 3.63) is 165 Å². The molecule has 0 bridgehead atoms. The van der Waals surface area contributed by atoms with Gasteiger partial charge in [-0.05, 0) is 125 Å². The summed E-state index contributed by atoms with van der Waals surface area (Å²) in [7, 11) is 12.0. The molecule has 2 unspecified atom stereocenters. The van der Waals surface area contributed by atoms with E-state index in [1.807, 2.05) is 123 Å². The topological polar surface area (TPSA) is 260 Å². The number of hydrogen-bond donors (Lipinski definition) is 3. The number of anilines is 6. The maximum atomic E-state index is 10.6. The molecule has 15 rings (SSSR count). The normalized spacial score (nSPS) is 14.2. The van der Waals surface area contributed by atoms with E-state index in [9.17, 15) is 10.2 Å². The molecular formula is C79H90N16O9. The van der Waals surface area contributed by atoms with Crippen LogP contribution in [0.25, 0.3) is 66.9 Å². The summed E-state index contributed by atoms with van der Waals surface area (Å²) in [5.41, 5.74) is 15.7. The van der Waals surface area contributed by atoms with E-state index >= 15 is 0 Å². The molecule has 540 valence electrons. The van der Waals surface area contributed by atoms with Crippen LogP contribution in [-0.4, -0.2) is 180 Å². The van der Waals surface area contributed by atoms with Crippen LogP contribution in [0.15, 0.2) is 165 Å². The molecule has 3 N–H and O–H groups in total. The number of rotatable bonds is 27. The molecule has 1 saturated heterocycles. The van der Waals surface area contributed by atoms with Crippen molar-refractivity contribution in [1.29, 1.82) is 0 Å². The van der Waals surface area contributed by atoms with Gasteiger partial charge in [0.1, 0.15) is 41.1 Å². The van der Waals surface area contributed by atoms with E-state index in [4.69, 9.17) is 53.5 Å².